The van der Waals surface area contributed by atoms with Gasteiger partial charge in [0.2, 0.25) is 0 Å². The van der Waals surface area contributed by atoms with E-state index in [0.29, 0.717) is 6.42 Å². The fourth-order valence-electron chi connectivity index (χ4n) is 1.29. The topological polar surface area (TPSA) is 46.5 Å². The zero-order chi connectivity index (χ0) is 14.1. The van der Waals surface area contributed by atoms with Crippen molar-refractivity contribution in [2.45, 2.75) is 53.2 Å². The maximum absolute atomic E-state index is 10.9. The maximum atomic E-state index is 10.9. The van der Waals surface area contributed by atoms with Crippen molar-refractivity contribution in [1.82, 2.24) is 0 Å². The van der Waals surface area contributed by atoms with Gasteiger partial charge in [0.1, 0.15) is 11.5 Å². The third-order valence-electron chi connectivity index (χ3n) is 1.72. The quantitative estimate of drug-likeness (QED) is 0.896. The second kappa shape index (κ2) is 8.70. The summed E-state index contributed by atoms with van der Waals surface area (Å²) in [5.41, 5.74) is 1.01. The van der Waals surface area contributed by atoms with Crippen molar-refractivity contribution < 1.29 is 14.6 Å². The number of rotatable bonds is 4. The number of carbonyl (C=O) groups excluding carboxylic acids is 1. The van der Waals surface area contributed by atoms with Crippen LogP contribution in [0.25, 0.3) is 0 Å². The first-order valence-corrected chi connectivity index (χ1v) is 6.24. The number of carbonyl (C=O) groups is 1. The monoisotopic (exact) mass is 252 g/mol. The fraction of sp³-hybridized carbons (Fsp3) is 0.533. The van der Waals surface area contributed by atoms with Crippen LogP contribution in [-0.4, -0.2) is 23.1 Å². The molecule has 3 nitrogen and oxygen atoms in total. The van der Waals surface area contributed by atoms with E-state index in [1.54, 1.807) is 20.8 Å². The number of Topliss-reactive ketones (excluding diaryl/α,β-unsaturated/α-hetero) is 1. The molecule has 1 rings (SSSR count). The number of aliphatic hydroxyl groups is 1. The summed E-state index contributed by atoms with van der Waals surface area (Å²) < 4.78 is 5.53. The van der Waals surface area contributed by atoms with Crippen LogP contribution in [0.3, 0.4) is 0 Å². The highest BCUT2D eigenvalue weighted by Gasteiger charge is 2.01. The van der Waals surface area contributed by atoms with Crippen LogP contribution < -0.4 is 4.74 Å². The molecule has 0 saturated carbocycles. The summed E-state index contributed by atoms with van der Waals surface area (Å²) in [6, 6.07) is 7.68. The standard InChI is InChI=1S/C12H16O2.C3H8O/c1-9(2)14-12-6-4-5-11(8-12)7-10(3)13;1-3(2)4/h4-6,8-9H,7H2,1-3H3;3-4H,1-2H3. The minimum Gasteiger partial charge on any atom is -0.491 e. The molecule has 0 aromatic heterocycles. The van der Waals surface area contributed by atoms with Crippen molar-refractivity contribution >= 4 is 5.78 Å². The number of aliphatic hydroxyl groups excluding tert-OH is 1. The zero-order valence-corrected chi connectivity index (χ0v) is 11.9. The van der Waals surface area contributed by atoms with E-state index in [0.717, 1.165) is 11.3 Å². The molecule has 102 valence electrons. The Morgan fingerprint density at radius 2 is 1.83 bits per heavy atom. The summed E-state index contributed by atoms with van der Waals surface area (Å²) in [7, 11) is 0. The summed E-state index contributed by atoms with van der Waals surface area (Å²) >= 11 is 0. The van der Waals surface area contributed by atoms with Gasteiger partial charge in [0, 0.05) is 12.5 Å². The Balaban J connectivity index is 0.000000631. The van der Waals surface area contributed by atoms with Gasteiger partial charge in [0.15, 0.2) is 0 Å². The van der Waals surface area contributed by atoms with Gasteiger partial charge in [-0.1, -0.05) is 12.1 Å². The maximum Gasteiger partial charge on any atom is 0.134 e. The van der Waals surface area contributed by atoms with Crippen LogP contribution in [0.5, 0.6) is 5.75 Å². The Kier molecular flexibility index (Phi) is 8.05. The van der Waals surface area contributed by atoms with Gasteiger partial charge in [0.25, 0.3) is 0 Å². The normalized spacial score (nSPS) is 10.0. The van der Waals surface area contributed by atoms with Crippen LogP contribution in [0.2, 0.25) is 0 Å². The summed E-state index contributed by atoms with van der Waals surface area (Å²) in [4.78, 5) is 10.9. The molecule has 0 bridgehead atoms. The SMILES string of the molecule is CC(=O)Cc1cccc(OC(C)C)c1.CC(C)O. The van der Waals surface area contributed by atoms with Crippen molar-refractivity contribution in [3.8, 4) is 5.75 Å². The lowest BCUT2D eigenvalue weighted by Crippen LogP contribution is -2.06. The number of benzene rings is 1. The number of hydrogen-bond donors (Lipinski definition) is 1. The number of hydrogen-bond acceptors (Lipinski definition) is 3. The summed E-state index contributed by atoms with van der Waals surface area (Å²) in [6.07, 6.45) is 0.484. The molecule has 3 heteroatoms. The third kappa shape index (κ3) is 9.85. The predicted octanol–water partition coefficient (Wildman–Crippen LogP) is 2.99. The average Bonchev–Trinajstić information content (AvgIpc) is 2.14. The van der Waals surface area contributed by atoms with Gasteiger partial charge in [-0.25, -0.2) is 0 Å². The molecule has 1 aromatic carbocycles. The molecule has 0 fully saturated rings. The van der Waals surface area contributed by atoms with E-state index in [4.69, 9.17) is 9.84 Å². The highest BCUT2D eigenvalue weighted by molar-refractivity contribution is 5.78. The molecule has 0 atom stereocenters. The second-order valence-electron chi connectivity index (χ2n) is 4.79. The first-order valence-electron chi connectivity index (χ1n) is 6.24. The lowest BCUT2D eigenvalue weighted by molar-refractivity contribution is -0.116. The van der Waals surface area contributed by atoms with Gasteiger partial charge in [-0.2, -0.15) is 0 Å². The van der Waals surface area contributed by atoms with E-state index in [-0.39, 0.29) is 18.0 Å². The Morgan fingerprint density at radius 3 is 2.28 bits per heavy atom. The number of ketones is 1. The van der Waals surface area contributed by atoms with Crippen LogP contribution in [0.4, 0.5) is 0 Å². The molecule has 0 amide bonds. The lowest BCUT2D eigenvalue weighted by Gasteiger charge is -2.10. The molecule has 0 unspecified atom stereocenters. The molecule has 1 aromatic rings. The third-order valence-corrected chi connectivity index (χ3v) is 1.72. The molecule has 0 saturated heterocycles. The van der Waals surface area contributed by atoms with Crippen LogP contribution in [0.1, 0.15) is 40.2 Å². The Bertz CT molecular complexity index is 354. The first kappa shape index (κ1) is 16.6. The predicted molar refractivity (Wildman–Crippen MR) is 73.9 cm³/mol. The van der Waals surface area contributed by atoms with Crippen LogP contribution in [0.15, 0.2) is 24.3 Å². The van der Waals surface area contributed by atoms with Crippen molar-refractivity contribution in [3.05, 3.63) is 29.8 Å². The van der Waals surface area contributed by atoms with E-state index in [2.05, 4.69) is 0 Å². The minimum absolute atomic E-state index is 0.167. The molecule has 0 aliphatic heterocycles. The van der Waals surface area contributed by atoms with Crippen LogP contribution >= 0.6 is 0 Å². The Labute approximate surface area is 110 Å². The molecule has 0 aliphatic rings. The molecule has 0 heterocycles. The van der Waals surface area contributed by atoms with Gasteiger partial charge in [0.05, 0.1) is 6.10 Å². The molecular formula is C15H24O3. The van der Waals surface area contributed by atoms with E-state index in [1.807, 2.05) is 38.1 Å². The molecular weight excluding hydrogens is 228 g/mol. The van der Waals surface area contributed by atoms with E-state index < -0.39 is 0 Å². The number of ether oxygens (including phenoxy) is 1. The molecule has 0 aliphatic carbocycles. The minimum atomic E-state index is -0.167. The van der Waals surface area contributed by atoms with Crippen molar-refractivity contribution in [3.63, 3.8) is 0 Å². The van der Waals surface area contributed by atoms with Gasteiger partial charge in [-0.3, -0.25) is 4.79 Å². The van der Waals surface area contributed by atoms with Gasteiger partial charge >= 0.3 is 0 Å². The van der Waals surface area contributed by atoms with E-state index >= 15 is 0 Å². The van der Waals surface area contributed by atoms with Crippen LogP contribution in [-0.2, 0) is 11.2 Å². The van der Waals surface area contributed by atoms with Crippen molar-refractivity contribution in [2.75, 3.05) is 0 Å². The highest BCUT2D eigenvalue weighted by atomic mass is 16.5. The van der Waals surface area contributed by atoms with Crippen molar-refractivity contribution in [1.29, 1.82) is 0 Å². The highest BCUT2D eigenvalue weighted by Crippen LogP contribution is 2.15. The van der Waals surface area contributed by atoms with Crippen LogP contribution in [0, 0.1) is 0 Å². The molecule has 0 radical (unpaired) electrons. The molecule has 0 spiro atoms. The summed E-state index contributed by atoms with van der Waals surface area (Å²) in [5.74, 6) is 1.01. The average molecular weight is 252 g/mol. The van der Waals surface area contributed by atoms with Gasteiger partial charge < -0.3 is 9.84 Å². The van der Waals surface area contributed by atoms with Gasteiger partial charge in [-0.15, -0.1) is 0 Å². The second-order valence-corrected chi connectivity index (χ2v) is 4.79. The summed E-state index contributed by atoms with van der Waals surface area (Å²) in [6.45, 7) is 9.01. The largest absolute Gasteiger partial charge is 0.491 e. The summed E-state index contributed by atoms with van der Waals surface area (Å²) in [5, 5.41) is 8.06. The van der Waals surface area contributed by atoms with E-state index in [9.17, 15) is 4.79 Å². The zero-order valence-electron chi connectivity index (χ0n) is 11.9. The Morgan fingerprint density at radius 1 is 1.28 bits per heavy atom. The van der Waals surface area contributed by atoms with Gasteiger partial charge in [-0.05, 0) is 52.3 Å². The van der Waals surface area contributed by atoms with Crippen molar-refractivity contribution in [2.24, 2.45) is 0 Å². The lowest BCUT2D eigenvalue weighted by atomic mass is 10.1. The fourth-order valence-corrected chi connectivity index (χ4v) is 1.29. The Hall–Kier alpha value is -1.35. The molecule has 18 heavy (non-hydrogen) atoms. The molecule has 1 N–H and O–H groups in total. The smallest absolute Gasteiger partial charge is 0.134 e. The van der Waals surface area contributed by atoms with E-state index in [1.165, 1.54) is 0 Å². The first-order chi connectivity index (χ1) is 8.31.